The fraction of sp³-hybridized carbons (Fsp3) is 0.222. The molecule has 0 saturated carbocycles. The molecule has 1 amide bonds. The van der Waals surface area contributed by atoms with Gasteiger partial charge in [0.15, 0.2) is 11.7 Å². The Kier molecular flexibility index (Phi) is 6.19. The van der Waals surface area contributed by atoms with E-state index in [0.717, 1.165) is 11.1 Å². The van der Waals surface area contributed by atoms with Gasteiger partial charge in [-0.3, -0.25) is 10.1 Å². The molecule has 6 nitrogen and oxygen atoms in total. The van der Waals surface area contributed by atoms with E-state index in [0.29, 0.717) is 17.2 Å². The molecule has 2 aromatic carbocycles. The van der Waals surface area contributed by atoms with Crippen LogP contribution >= 0.6 is 12.2 Å². The summed E-state index contributed by atoms with van der Waals surface area (Å²) in [5.74, 6) is 0.905. The first-order valence-corrected chi connectivity index (χ1v) is 7.97. The number of methoxy groups -OCH3 is 1. The van der Waals surface area contributed by atoms with Crippen molar-refractivity contribution < 1.29 is 19.4 Å². The Labute approximate surface area is 151 Å². The fourth-order valence-electron chi connectivity index (χ4n) is 2.04. The second-order valence-corrected chi connectivity index (χ2v) is 5.83. The lowest BCUT2D eigenvalue weighted by molar-refractivity contribution is -0.121. The lowest BCUT2D eigenvalue weighted by Gasteiger charge is -2.13. The molecule has 0 fully saturated rings. The van der Waals surface area contributed by atoms with Gasteiger partial charge >= 0.3 is 0 Å². The number of phenols is 1. The number of amides is 1. The number of carbonyl (C=O) groups is 1. The van der Waals surface area contributed by atoms with Crippen LogP contribution in [0.3, 0.4) is 0 Å². The third-order valence-electron chi connectivity index (χ3n) is 3.54. The topological polar surface area (TPSA) is 79.8 Å². The van der Waals surface area contributed by atoms with Crippen LogP contribution in [0.25, 0.3) is 0 Å². The summed E-state index contributed by atoms with van der Waals surface area (Å²) in [5, 5.41) is 15.3. The Morgan fingerprint density at radius 3 is 2.36 bits per heavy atom. The minimum Gasteiger partial charge on any atom is -0.506 e. The molecule has 3 N–H and O–H groups in total. The van der Waals surface area contributed by atoms with E-state index in [1.165, 1.54) is 0 Å². The van der Waals surface area contributed by atoms with Gasteiger partial charge in [-0.1, -0.05) is 0 Å². The van der Waals surface area contributed by atoms with Crippen LogP contribution < -0.4 is 20.1 Å². The number of aryl methyl sites for hydroxylation is 2. The largest absolute Gasteiger partial charge is 0.506 e. The Morgan fingerprint density at radius 1 is 1.12 bits per heavy atom. The number of carbonyl (C=O) groups excluding carboxylic acids is 1. The van der Waals surface area contributed by atoms with Crippen molar-refractivity contribution in [3.8, 4) is 17.2 Å². The number of thiocarbonyl (C=S) groups is 1. The van der Waals surface area contributed by atoms with Gasteiger partial charge in [-0.15, -0.1) is 0 Å². The highest BCUT2D eigenvalue weighted by Crippen LogP contribution is 2.26. The SMILES string of the molecule is COc1ccc(OCC(=O)NC(=S)Nc2cc(C)c(C)cc2O)cc1. The molecule has 0 atom stereocenters. The number of aromatic hydroxyl groups is 1. The zero-order valence-electron chi connectivity index (χ0n) is 14.3. The van der Waals surface area contributed by atoms with Gasteiger partial charge in [-0.05, 0) is 73.6 Å². The summed E-state index contributed by atoms with van der Waals surface area (Å²) in [7, 11) is 1.57. The molecule has 2 rings (SSSR count). The molecule has 0 bridgehead atoms. The first-order valence-electron chi connectivity index (χ1n) is 7.57. The van der Waals surface area contributed by atoms with E-state index in [4.69, 9.17) is 21.7 Å². The van der Waals surface area contributed by atoms with Crippen LogP contribution in [0.5, 0.6) is 17.2 Å². The van der Waals surface area contributed by atoms with Gasteiger partial charge < -0.3 is 19.9 Å². The molecular formula is C18H20N2O4S. The van der Waals surface area contributed by atoms with Crippen molar-refractivity contribution in [3.63, 3.8) is 0 Å². The summed E-state index contributed by atoms with van der Waals surface area (Å²) >= 11 is 5.09. The Bertz CT molecular complexity index is 775. The average Bonchev–Trinajstić information content (AvgIpc) is 2.58. The molecule has 0 aliphatic carbocycles. The van der Waals surface area contributed by atoms with Crippen molar-refractivity contribution in [2.75, 3.05) is 19.0 Å². The fourth-order valence-corrected chi connectivity index (χ4v) is 2.26. The lowest BCUT2D eigenvalue weighted by atomic mass is 10.1. The molecule has 7 heteroatoms. The Morgan fingerprint density at radius 2 is 1.72 bits per heavy atom. The number of nitrogens with one attached hydrogen (secondary N) is 2. The van der Waals surface area contributed by atoms with Crippen molar-refractivity contribution in [1.82, 2.24) is 5.32 Å². The van der Waals surface area contributed by atoms with Gasteiger partial charge in [-0.2, -0.15) is 0 Å². The first kappa shape index (κ1) is 18.5. The third kappa shape index (κ3) is 5.36. The van der Waals surface area contributed by atoms with E-state index in [1.54, 1.807) is 43.5 Å². The minimum atomic E-state index is -0.406. The second kappa shape index (κ2) is 8.34. The minimum absolute atomic E-state index is 0.0641. The molecule has 0 aliphatic rings. The molecule has 132 valence electrons. The highest BCUT2D eigenvalue weighted by Gasteiger charge is 2.09. The zero-order chi connectivity index (χ0) is 18.4. The van der Waals surface area contributed by atoms with Gasteiger partial charge in [0.1, 0.15) is 17.2 Å². The summed E-state index contributed by atoms with van der Waals surface area (Å²) in [6.45, 7) is 3.63. The summed E-state index contributed by atoms with van der Waals surface area (Å²) in [4.78, 5) is 11.9. The summed E-state index contributed by atoms with van der Waals surface area (Å²) in [5.41, 5.74) is 2.40. The van der Waals surface area contributed by atoms with E-state index in [2.05, 4.69) is 10.6 Å². The van der Waals surface area contributed by atoms with Crippen LogP contribution in [0, 0.1) is 13.8 Å². The van der Waals surface area contributed by atoms with Crippen LogP contribution in [-0.4, -0.2) is 29.8 Å². The van der Waals surface area contributed by atoms with Crippen LogP contribution in [0.4, 0.5) is 5.69 Å². The molecule has 0 radical (unpaired) electrons. The third-order valence-corrected chi connectivity index (χ3v) is 3.75. The normalized spacial score (nSPS) is 10.0. The first-order chi connectivity index (χ1) is 11.9. The lowest BCUT2D eigenvalue weighted by Crippen LogP contribution is -2.37. The van der Waals surface area contributed by atoms with Gasteiger partial charge in [0, 0.05) is 0 Å². The van der Waals surface area contributed by atoms with Crippen molar-refractivity contribution in [3.05, 3.63) is 47.5 Å². The predicted octanol–water partition coefficient (Wildman–Crippen LogP) is 2.91. The maximum atomic E-state index is 11.9. The quantitative estimate of drug-likeness (QED) is 0.562. The smallest absolute Gasteiger partial charge is 0.264 e. The summed E-state index contributed by atoms with van der Waals surface area (Å²) in [6.07, 6.45) is 0. The number of hydrogen-bond donors (Lipinski definition) is 3. The maximum absolute atomic E-state index is 11.9. The van der Waals surface area contributed by atoms with Crippen LogP contribution in [0.2, 0.25) is 0 Å². The highest BCUT2D eigenvalue weighted by atomic mass is 32.1. The van der Waals surface area contributed by atoms with Crippen LogP contribution in [0.15, 0.2) is 36.4 Å². The summed E-state index contributed by atoms with van der Waals surface area (Å²) < 4.78 is 10.4. The Balaban J connectivity index is 1.85. The van der Waals surface area contributed by atoms with Crippen LogP contribution in [-0.2, 0) is 4.79 Å². The number of hydrogen-bond acceptors (Lipinski definition) is 5. The number of phenolic OH excluding ortho intramolecular Hbond substituents is 1. The van der Waals surface area contributed by atoms with Crippen LogP contribution in [0.1, 0.15) is 11.1 Å². The number of rotatable bonds is 5. The van der Waals surface area contributed by atoms with Crippen molar-refractivity contribution in [1.29, 1.82) is 0 Å². The molecule has 0 heterocycles. The maximum Gasteiger partial charge on any atom is 0.264 e. The van der Waals surface area contributed by atoms with Crippen molar-refractivity contribution in [2.24, 2.45) is 0 Å². The summed E-state index contributed by atoms with van der Waals surface area (Å²) in [6, 6.07) is 10.3. The van der Waals surface area contributed by atoms with E-state index < -0.39 is 5.91 Å². The molecule has 0 unspecified atom stereocenters. The number of anilines is 1. The van der Waals surface area contributed by atoms with Gasteiger partial charge in [-0.25, -0.2) is 0 Å². The molecule has 0 aromatic heterocycles. The molecular weight excluding hydrogens is 340 g/mol. The molecule has 0 aliphatic heterocycles. The number of benzene rings is 2. The highest BCUT2D eigenvalue weighted by molar-refractivity contribution is 7.80. The van der Waals surface area contributed by atoms with Gasteiger partial charge in [0.05, 0.1) is 12.8 Å². The molecule has 25 heavy (non-hydrogen) atoms. The zero-order valence-corrected chi connectivity index (χ0v) is 15.1. The second-order valence-electron chi connectivity index (χ2n) is 5.42. The van der Waals surface area contributed by atoms with Gasteiger partial charge in [0.2, 0.25) is 0 Å². The van der Waals surface area contributed by atoms with Crippen molar-refractivity contribution in [2.45, 2.75) is 13.8 Å². The Hall–Kier alpha value is -2.80. The van der Waals surface area contributed by atoms with E-state index >= 15 is 0 Å². The molecule has 2 aromatic rings. The molecule has 0 spiro atoms. The van der Waals surface area contributed by atoms with E-state index in [1.807, 2.05) is 13.8 Å². The van der Waals surface area contributed by atoms with Crippen molar-refractivity contribution >= 4 is 28.9 Å². The van der Waals surface area contributed by atoms with Gasteiger partial charge in [0.25, 0.3) is 5.91 Å². The van der Waals surface area contributed by atoms with E-state index in [-0.39, 0.29) is 17.5 Å². The predicted molar refractivity (Wildman–Crippen MR) is 100 cm³/mol. The van der Waals surface area contributed by atoms with E-state index in [9.17, 15) is 9.90 Å². The number of ether oxygens (including phenoxy) is 2. The standard InChI is InChI=1S/C18H20N2O4S/c1-11-8-15(16(21)9-12(11)2)19-18(25)20-17(22)10-24-14-6-4-13(23-3)5-7-14/h4-9,21H,10H2,1-3H3,(H2,19,20,22,25). The molecule has 0 saturated heterocycles. The average molecular weight is 360 g/mol. The monoisotopic (exact) mass is 360 g/mol.